The number of primary amides is 1. The summed E-state index contributed by atoms with van der Waals surface area (Å²) in [7, 11) is 0. The Balaban J connectivity index is 1.72. The van der Waals surface area contributed by atoms with Crippen LogP contribution in [0.4, 0.5) is 11.4 Å². The van der Waals surface area contributed by atoms with Crippen molar-refractivity contribution in [3.05, 3.63) is 53.3 Å². The van der Waals surface area contributed by atoms with Crippen LogP contribution >= 0.6 is 0 Å². The predicted molar refractivity (Wildman–Crippen MR) is 93.1 cm³/mol. The first-order valence-corrected chi connectivity index (χ1v) is 7.87. The first-order valence-electron chi connectivity index (χ1n) is 7.87. The van der Waals surface area contributed by atoms with Crippen molar-refractivity contribution in [1.29, 1.82) is 0 Å². The minimum Gasteiger partial charge on any atom is -0.368 e. The molecule has 5 nitrogen and oxygen atoms in total. The van der Waals surface area contributed by atoms with Crippen molar-refractivity contribution in [3.8, 4) is 0 Å². The van der Waals surface area contributed by atoms with Gasteiger partial charge in [0.15, 0.2) is 0 Å². The van der Waals surface area contributed by atoms with E-state index < -0.39 is 5.91 Å². The number of aromatic nitrogens is 1. The molecule has 3 rings (SSSR count). The van der Waals surface area contributed by atoms with Gasteiger partial charge >= 0.3 is 0 Å². The molecule has 0 aliphatic carbocycles. The molecular formula is C18H22N4O. The summed E-state index contributed by atoms with van der Waals surface area (Å²) < 4.78 is 0. The van der Waals surface area contributed by atoms with E-state index in [4.69, 9.17) is 5.73 Å². The van der Waals surface area contributed by atoms with E-state index in [-0.39, 0.29) is 0 Å². The largest absolute Gasteiger partial charge is 0.368 e. The van der Waals surface area contributed by atoms with Crippen LogP contribution in [-0.2, 0) is 0 Å². The molecule has 0 atom stereocenters. The van der Waals surface area contributed by atoms with E-state index in [9.17, 15) is 4.79 Å². The van der Waals surface area contributed by atoms with E-state index >= 15 is 0 Å². The number of hydrogen-bond donors (Lipinski definition) is 1. The number of carbonyl (C=O) groups excluding carboxylic acids is 1. The second-order valence-electron chi connectivity index (χ2n) is 6.03. The molecule has 2 aromatic rings. The fourth-order valence-electron chi connectivity index (χ4n) is 3.02. The van der Waals surface area contributed by atoms with Crippen molar-refractivity contribution in [1.82, 2.24) is 4.98 Å². The van der Waals surface area contributed by atoms with Gasteiger partial charge in [-0.15, -0.1) is 0 Å². The third kappa shape index (κ3) is 3.28. The molecule has 2 N–H and O–H groups in total. The molecule has 0 saturated carbocycles. The third-order valence-corrected chi connectivity index (χ3v) is 4.35. The number of anilines is 2. The topological polar surface area (TPSA) is 62.5 Å². The van der Waals surface area contributed by atoms with Crippen LogP contribution < -0.4 is 15.5 Å². The molecule has 23 heavy (non-hydrogen) atoms. The van der Waals surface area contributed by atoms with E-state index in [1.165, 1.54) is 16.8 Å². The van der Waals surface area contributed by atoms with Crippen molar-refractivity contribution < 1.29 is 4.79 Å². The Labute approximate surface area is 136 Å². The lowest BCUT2D eigenvalue weighted by Gasteiger charge is -2.38. The number of nitrogens with zero attached hydrogens (tertiary/aromatic N) is 3. The van der Waals surface area contributed by atoms with Gasteiger partial charge in [-0.05, 0) is 43.2 Å². The Hall–Kier alpha value is -2.56. The molecule has 5 heteroatoms. The summed E-state index contributed by atoms with van der Waals surface area (Å²) in [4.78, 5) is 20.0. The molecule has 120 valence electrons. The Bertz CT molecular complexity index is 721. The maximum Gasteiger partial charge on any atom is 0.267 e. The number of benzene rings is 1. The third-order valence-electron chi connectivity index (χ3n) is 4.35. The van der Waals surface area contributed by atoms with Gasteiger partial charge in [-0.2, -0.15) is 0 Å². The molecule has 1 amide bonds. The summed E-state index contributed by atoms with van der Waals surface area (Å²) in [6, 6.07) is 10.3. The van der Waals surface area contributed by atoms with Crippen molar-refractivity contribution in [2.24, 2.45) is 5.73 Å². The second-order valence-corrected chi connectivity index (χ2v) is 6.03. The predicted octanol–water partition coefficient (Wildman–Crippen LogP) is 2.12. The Morgan fingerprint density at radius 3 is 2.43 bits per heavy atom. The van der Waals surface area contributed by atoms with Gasteiger partial charge in [-0.1, -0.05) is 12.1 Å². The normalized spacial score (nSPS) is 14.9. The number of carbonyl (C=O) groups is 1. The van der Waals surface area contributed by atoms with Gasteiger partial charge in [0.25, 0.3) is 5.91 Å². The molecule has 0 bridgehead atoms. The Morgan fingerprint density at radius 1 is 1.04 bits per heavy atom. The van der Waals surface area contributed by atoms with Crippen LogP contribution in [0.1, 0.15) is 21.6 Å². The summed E-state index contributed by atoms with van der Waals surface area (Å²) in [6.45, 7) is 8.02. The fourth-order valence-corrected chi connectivity index (χ4v) is 3.02. The summed E-state index contributed by atoms with van der Waals surface area (Å²) >= 11 is 0. The van der Waals surface area contributed by atoms with Crippen LogP contribution in [0.5, 0.6) is 0 Å². The van der Waals surface area contributed by atoms with Gasteiger partial charge in [0.05, 0.1) is 0 Å². The first kappa shape index (κ1) is 15.3. The number of aryl methyl sites for hydroxylation is 2. The fraction of sp³-hybridized carbons (Fsp3) is 0.333. The maximum absolute atomic E-state index is 11.3. The van der Waals surface area contributed by atoms with E-state index in [0.717, 1.165) is 31.9 Å². The molecule has 1 aromatic carbocycles. The molecule has 0 unspecified atom stereocenters. The van der Waals surface area contributed by atoms with Gasteiger partial charge < -0.3 is 15.5 Å². The van der Waals surface area contributed by atoms with Crippen LogP contribution in [0.3, 0.4) is 0 Å². The van der Waals surface area contributed by atoms with Crippen LogP contribution in [-0.4, -0.2) is 37.1 Å². The average Bonchev–Trinajstić information content (AvgIpc) is 2.57. The zero-order valence-corrected chi connectivity index (χ0v) is 13.6. The Kier molecular flexibility index (Phi) is 4.19. The average molecular weight is 310 g/mol. The zero-order chi connectivity index (χ0) is 16.4. The minimum absolute atomic E-state index is 0.319. The highest BCUT2D eigenvalue weighted by molar-refractivity contribution is 5.91. The van der Waals surface area contributed by atoms with Crippen LogP contribution in [0.25, 0.3) is 0 Å². The minimum atomic E-state index is -0.485. The number of pyridine rings is 1. The number of piperazine rings is 1. The number of hydrogen-bond acceptors (Lipinski definition) is 4. The number of amides is 1. The van der Waals surface area contributed by atoms with E-state index in [1.807, 2.05) is 6.07 Å². The van der Waals surface area contributed by atoms with Gasteiger partial charge in [-0.25, -0.2) is 0 Å². The highest BCUT2D eigenvalue weighted by atomic mass is 16.1. The van der Waals surface area contributed by atoms with Crippen molar-refractivity contribution in [3.63, 3.8) is 0 Å². The lowest BCUT2D eigenvalue weighted by molar-refractivity contribution is 0.0995. The van der Waals surface area contributed by atoms with Gasteiger partial charge in [0.2, 0.25) is 0 Å². The SMILES string of the molecule is Cc1ccc(C)c(N2CCN(c3ccnc(C(N)=O)c3)CC2)c1. The molecule has 0 radical (unpaired) electrons. The second kappa shape index (κ2) is 6.28. The van der Waals surface area contributed by atoms with Crippen molar-refractivity contribution >= 4 is 17.3 Å². The van der Waals surface area contributed by atoms with Crippen LogP contribution in [0.15, 0.2) is 36.5 Å². The smallest absolute Gasteiger partial charge is 0.267 e. The molecule has 2 heterocycles. The zero-order valence-electron chi connectivity index (χ0n) is 13.6. The first-order chi connectivity index (χ1) is 11.0. The number of nitrogens with two attached hydrogens (primary N) is 1. The lowest BCUT2D eigenvalue weighted by atomic mass is 10.1. The van der Waals surface area contributed by atoms with Crippen LogP contribution in [0, 0.1) is 13.8 Å². The maximum atomic E-state index is 11.3. The lowest BCUT2D eigenvalue weighted by Crippen LogP contribution is -2.46. The monoisotopic (exact) mass is 310 g/mol. The highest BCUT2D eigenvalue weighted by Crippen LogP contribution is 2.24. The van der Waals surface area contributed by atoms with Gasteiger partial charge in [0.1, 0.15) is 5.69 Å². The van der Waals surface area contributed by atoms with Crippen LogP contribution in [0.2, 0.25) is 0 Å². The summed E-state index contributed by atoms with van der Waals surface area (Å²) in [5.74, 6) is -0.485. The molecule has 1 aliphatic heterocycles. The Morgan fingerprint density at radius 2 is 1.74 bits per heavy atom. The van der Waals surface area contributed by atoms with E-state index in [1.54, 1.807) is 12.3 Å². The number of rotatable bonds is 3. The molecule has 1 aliphatic rings. The summed E-state index contributed by atoms with van der Waals surface area (Å²) in [5, 5.41) is 0. The standard InChI is InChI=1S/C18H22N4O/c1-13-3-4-14(2)17(11-13)22-9-7-21(8-10-22)15-5-6-20-16(12-15)18(19)23/h3-6,11-12H,7-10H2,1-2H3,(H2,19,23). The highest BCUT2D eigenvalue weighted by Gasteiger charge is 2.19. The van der Waals surface area contributed by atoms with Crippen molar-refractivity contribution in [2.75, 3.05) is 36.0 Å². The summed E-state index contributed by atoms with van der Waals surface area (Å²) in [5.41, 5.74) is 10.6. The van der Waals surface area contributed by atoms with Gasteiger partial charge in [-0.3, -0.25) is 9.78 Å². The van der Waals surface area contributed by atoms with E-state index in [0.29, 0.717) is 5.69 Å². The summed E-state index contributed by atoms with van der Waals surface area (Å²) in [6.07, 6.45) is 1.65. The quantitative estimate of drug-likeness (QED) is 0.943. The molecule has 1 aromatic heterocycles. The molecule has 1 saturated heterocycles. The van der Waals surface area contributed by atoms with E-state index in [2.05, 4.69) is 46.8 Å². The van der Waals surface area contributed by atoms with Gasteiger partial charge in [0, 0.05) is 43.8 Å². The molecule has 0 spiro atoms. The molecular weight excluding hydrogens is 288 g/mol. The molecule has 1 fully saturated rings. The van der Waals surface area contributed by atoms with Crippen molar-refractivity contribution in [2.45, 2.75) is 13.8 Å².